The summed E-state index contributed by atoms with van der Waals surface area (Å²) in [6, 6.07) is 2.80. The number of nitrogens with one attached hydrogen (secondary N) is 1. The van der Waals surface area contributed by atoms with Crippen molar-refractivity contribution in [3.05, 3.63) is 30.1 Å². The summed E-state index contributed by atoms with van der Waals surface area (Å²) in [6.07, 6.45) is -3.40. The zero-order chi connectivity index (χ0) is 15.7. The van der Waals surface area contributed by atoms with Crippen molar-refractivity contribution in [2.24, 2.45) is 5.92 Å². The highest BCUT2D eigenvalue weighted by Crippen LogP contribution is 2.38. The lowest BCUT2D eigenvalue weighted by Crippen LogP contribution is -2.47. The second kappa shape index (κ2) is 5.92. The number of hydrogen-bond donors (Lipinski definition) is 1. The highest BCUT2D eigenvalue weighted by atomic mass is 32.2. The van der Waals surface area contributed by atoms with E-state index >= 15 is 0 Å². The van der Waals surface area contributed by atoms with E-state index in [-0.39, 0.29) is 17.7 Å². The van der Waals surface area contributed by atoms with E-state index < -0.39 is 34.0 Å². The lowest BCUT2D eigenvalue weighted by atomic mass is 9.85. The van der Waals surface area contributed by atoms with Gasteiger partial charge in [-0.2, -0.15) is 13.2 Å². The van der Waals surface area contributed by atoms with Crippen molar-refractivity contribution in [1.82, 2.24) is 4.72 Å². The third kappa shape index (κ3) is 3.94. The number of hydrogen-bond acceptors (Lipinski definition) is 2. The zero-order valence-electron chi connectivity index (χ0n) is 11.0. The molecule has 0 aromatic heterocycles. The fraction of sp³-hybridized carbons (Fsp3) is 0.538. The van der Waals surface area contributed by atoms with Gasteiger partial charge in [-0.05, 0) is 37.1 Å². The summed E-state index contributed by atoms with van der Waals surface area (Å²) in [7, 11) is -4.09. The number of halogens is 4. The normalized spacial score (nSPS) is 24.0. The van der Waals surface area contributed by atoms with Crippen molar-refractivity contribution in [3.63, 3.8) is 0 Å². The molecule has 2 rings (SSSR count). The minimum absolute atomic E-state index is 0.0832. The molecule has 118 valence electrons. The Hall–Kier alpha value is -1.15. The van der Waals surface area contributed by atoms with E-state index in [9.17, 15) is 26.0 Å². The van der Waals surface area contributed by atoms with E-state index in [0.717, 1.165) is 24.3 Å². The van der Waals surface area contributed by atoms with Crippen molar-refractivity contribution in [1.29, 1.82) is 0 Å². The molecule has 1 N–H and O–H groups in total. The minimum Gasteiger partial charge on any atom is -0.207 e. The Kier molecular flexibility index (Phi) is 4.57. The molecule has 8 heteroatoms. The SMILES string of the molecule is O=S(=O)(NC1CCCCC1C(F)(F)F)c1ccc(F)cc1. The summed E-state index contributed by atoms with van der Waals surface area (Å²) in [6.45, 7) is 0. The van der Waals surface area contributed by atoms with Crippen molar-refractivity contribution in [3.8, 4) is 0 Å². The fourth-order valence-corrected chi connectivity index (χ4v) is 3.86. The van der Waals surface area contributed by atoms with Gasteiger partial charge in [0.1, 0.15) is 5.82 Å². The van der Waals surface area contributed by atoms with Crippen LogP contribution in [0.15, 0.2) is 29.2 Å². The summed E-state index contributed by atoms with van der Waals surface area (Å²) in [4.78, 5) is -0.240. The van der Waals surface area contributed by atoms with Crippen LogP contribution in [0.3, 0.4) is 0 Å². The number of sulfonamides is 1. The first-order chi connectivity index (χ1) is 9.70. The van der Waals surface area contributed by atoms with Gasteiger partial charge in [0.15, 0.2) is 0 Å². The maximum absolute atomic E-state index is 12.9. The largest absolute Gasteiger partial charge is 0.393 e. The van der Waals surface area contributed by atoms with E-state index in [1.165, 1.54) is 0 Å². The third-order valence-electron chi connectivity index (χ3n) is 3.62. The quantitative estimate of drug-likeness (QED) is 0.867. The molecule has 2 unspecified atom stereocenters. The smallest absolute Gasteiger partial charge is 0.207 e. The monoisotopic (exact) mass is 325 g/mol. The highest BCUT2D eigenvalue weighted by Gasteiger charge is 2.46. The van der Waals surface area contributed by atoms with Gasteiger partial charge in [-0.25, -0.2) is 17.5 Å². The molecule has 1 aromatic carbocycles. The molecule has 0 bridgehead atoms. The van der Waals surface area contributed by atoms with Gasteiger partial charge in [0, 0.05) is 6.04 Å². The molecule has 1 fully saturated rings. The molecule has 1 aliphatic carbocycles. The Balaban J connectivity index is 2.20. The summed E-state index contributed by atoms with van der Waals surface area (Å²) in [5.74, 6) is -2.29. The molecule has 1 aromatic rings. The molecular formula is C13H15F4NO2S. The molecule has 2 atom stereocenters. The molecule has 0 radical (unpaired) electrons. The fourth-order valence-electron chi connectivity index (χ4n) is 2.54. The van der Waals surface area contributed by atoms with Crippen LogP contribution in [-0.4, -0.2) is 20.6 Å². The minimum atomic E-state index is -4.43. The average molecular weight is 325 g/mol. The lowest BCUT2D eigenvalue weighted by Gasteiger charge is -2.33. The number of rotatable bonds is 3. The molecule has 0 aliphatic heterocycles. The predicted octanol–water partition coefficient (Wildman–Crippen LogP) is 3.23. The van der Waals surface area contributed by atoms with Crippen LogP contribution in [-0.2, 0) is 10.0 Å². The predicted molar refractivity (Wildman–Crippen MR) is 68.5 cm³/mol. The van der Waals surface area contributed by atoms with Gasteiger partial charge >= 0.3 is 6.18 Å². The van der Waals surface area contributed by atoms with Gasteiger partial charge in [-0.15, -0.1) is 0 Å². The molecule has 1 saturated carbocycles. The molecule has 0 saturated heterocycles. The van der Waals surface area contributed by atoms with Gasteiger partial charge in [0.2, 0.25) is 10.0 Å². The molecule has 0 heterocycles. The highest BCUT2D eigenvalue weighted by molar-refractivity contribution is 7.89. The molecule has 1 aliphatic rings. The first-order valence-electron chi connectivity index (χ1n) is 6.55. The topological polar surface area (TPSA) is 46.2 Å². The molecule has 21 heavy (non-hydrogen) atoms. The van der Waals surface area contributed by atoms with Crippen LogP contribution >= 0.6 is 0 Å². The van der Waals surface area contributed by atoms with E-state index in [4.69, 9.17) is 0 Å². The van der Waals surface area contributed by atoms with Crippen LogP contribution < -0.4 is 4.72 Å². The second-order valence-corrected chi connectivity index (χ2v) is 6.83. The van der Waals surface area contributed by atoms with Gasteiger partial charge in [0.25, 0.3) is 0 Å². The van der Waals surface area contributed by atoms with Crippen molar-refractivity contribution in [2.45, 2.75) is 42.8 Å². The van der Waals surface area contributed by atoms with E-state index in [0.29, 0.717) is 12.8 Å². The van der Waals surface area contributed by atoms with Crippen molar-refractivity contribution >= 4 is 10.0 Å². The van der Waals surface area contributed by atoms with Crippen LogP contribution in [0.4, 0.5) is 17.6 Å². The maximum atomic E-state index is 12.9. The zero-order valence-corrected chi connectivity index (χ0v) is 11.8. The molecule has 3 nitrogen and oxygen atoms in total. The summed E-state index contributed by atoms with van der Waals surface area (Å²) in [5, 5.41) is 0. The van der Waals surface area contributed by atoms with Crippen LogP contribution in [0.2, 0.25) is 0 Å². The van der Waals surface area contributed by atoms with E-state index in [2.05, 4.69) is 4.72 Å². The second-order valence-electron chi connectivity index (χ2n) is 5.11. The van der Waals surface area contributed by atoms with Crippen molar-refractivity contribution in [2.75, 3.05) is 0 Å². The van der Waals surface area contributed by atoms with Gasteiger partial charge in [0.05, 0.1) is 10.8 Å². The first kappa shape index (κ1) is 16.2. The summed E-state index contributed by atoms with van der Waals surface area (Å²) in [5.41, 5.74) is 0. The Bertz CT molecular complexity index is 583. The van der Waals surface area contributed by atoms with E-state index in [1.807, 2.05) is 0 Å². The van der Waals surface area contributed by atoms with Crippen LogP contribution in [0, 0.1) is 11.7 Å². The Morgan fingerprint density at radius 2 is 1.62 bits per heavy atom. The molecule has 0 spiro atoms. The van der Waals surface area contributed by atoms with Crippen LogP contribution in [0.5, 0.6) is 0 Å². The third-order valence-corrected chi connectivity index (χ3v) is 5.12. The van der Waals surface area contributed by atoms with Crippen molar-refractivity contribution < 1.29 is 26.0 Å². The molecular weight excluding hydrogens is 310 g/mol. The summed E-state index contributed by atoms with van der Waals surface area (Å²) >= 11 is 0. The van der Waals surface area contributed by atoms with Gasteiger partial charge in [-0.3, -0.25) is 0 Å². The average Bonchev–Trinajstić information content (AvgIpc) is 2.38. The van der Waals surface area contributed by atoms with E-state index in [1.54, 1.807) is 0 Å². The maximum Gasteiger partial charge on any atom is 0.393 e. The standard InChI is InChI=1S/C13H15F4NO2S/c14-9-5-7-10(8-6-9)21(19,20)18-12-4-2-1-3-11(12)13(15,16)17/h5-8,11-12,18H,1-4H2. The van der Waals surface area contributed by atoms with Crippen LogP contribution in [0.25, 0.3) is 0 Å². The van der Waals surface area contributed by atoms with Crippen LogP contribution in [0.1, 0.15) is 25.7 Å². The number of benzene rings is 1. The van der Waals surface area contributed by atoms with Gasteiger partial charge < -0.3 is 0 Å². The lowest BCUT2D eigenvalue weighted by molar-refractivity contribution is -0.187. The van der Waals surface area contributed by atoms with Gasteiger partial charge in [-0.1, -0.05) is 12.8 Å². The first-order valence-corrected chi connectivity index (χ1v) is 8.03. The summed E-state index contributed by atoms with van der Waals surface area (Å²) < 4.78 is 77.9. The Morgan fingerprint density at radius 1 is 1.05 bits per heavy atom. The Morgan fingerprint density at radius 3 is 2.19 bits per heavy atom. The molecule has 0 amide bonds. The number of alkyl halides is 3. The Labute approximate surface area is 120 Å².